The molecule has 0 radical (unpaired) electrons. The molecule has 0 aromatic heterocycles. The fraction of sp³-hybridized carbons (Fsp3) is 0.593. The third-order valence-electron chi connectivity index (χ3n) is 5.16. The van der Waals surface area contributed by atoms with E-state index in [1.54, 1.807) is 34.6 Å². The summed E-state index contributed by atoms with van der Waals surface area (Å²) in [5.41, 5.74) is 1.79. The Bertz CT molecular complexity index is 891. The van der Waals surface area contributed by atoms with Crippen LogP contribution < -0.4 is 10.6 Å². The number of carbonyl (C=O) groups excluding carboxylic acids is 3. The van der Waals surface area contributed by atoms with Gasteiger partial charge >= 0.3 is 6.09 Å². The minimum atomic E-state index is -1.04. The van der Waals surface area contributed by atoms with Gasteiger partial charge in [-0.3, -0.25) is 14.5 Å². The standard InChI is InChI=1S/C27H41N3O4/c1-11-13-20(7)28-24(31)23(21-15-18(5)14-19(6)16-21)30(12-2)25(32)22(17(3)4)29-26(33)34-27(8,9)10/h2,14-17,20,22-23H,11,13H2,1,3-10H3,(H,28,31)(H,29,33). The molecule has 3 amide bonds. The van der Waals surface area contributed by atoms with Crippen LogP contribution in [-0.4, -0.2) is 40.5 Å². The van der Waals surface area contributed by atoms with Gasteiger partial charge in [-0.25, -0.2) is 4.79 Å². The average molecular weight is 472 g/mol. The number of benzene rings is 1. The van der Waals surface area contributed by atoms with Crippen molar-refractivity contribution < 1.29 is 19.1 Å². The lowest BCUT2D eigenvalue weighted by molar-refractivity contribution is -0.139. The summed E-state index contributed by atoms with van der Waals surface area (Å²) in [5.74, 6) is -1.21. The molecule has 1 aromatic carbocycles. The van der Waals surface area contributed by atoms with E-state index in [2.05, 4.69) is 16.7 Å². The first-order valence-electron chi connectivity index (χ1n) is 11.9. The van der Waals surface area contributed by atoms with E-state index in [0.717, 1.165) is 28.9 Å². The summed E-state index contributed by atoms with van der Waals surface area (Å²) in [6.45, 7) is 16.6. The highest BCUT2D eigenvalue weighted by molar-refractivity contribution is 5.93. The molecule has 34 heavy (non-hydrogen) atoms. The van der Waals surface area contributed by atoms with Crippen molar-refractivity contribution in [3.8, 4) is 12.5 Å². The largest absolute Gasteiger partial charge is 0.444 e. The van der Waals surface area contributed by atoms with Gasteiger partial charge < -0.3 is 15.4 Å². The third kappa shape index (κ3) is 8.74. The highest BCUT2D eigenvalue weighted by atomic mass is 16.6. The summed E-state index contributed by atoms with van der Waals surface area (Å²) in [6, 6.07) is 6.01. The number of carbonyl (C=O) groups is 3. The first-order valence-corrected chi connectivity index (χ1v) is 11.9. The molecule has 7 heteroatoms. The number of nitrogens with zero attached hydrogens (tertiary/aromatic N) is 1. The summed E-state index contributed by atoms with van der Waals surface area (Å²) in [4.78, 5) is 40.6. The van der Waals surface area contributed by atoms with Gasteiger partial charge in [0.1, 0.15) is 17.7 Å². The highest BCUT2D eigenvalue weighted by Crippen LogP contribution is 2.25. The van der Waals surface area contributed by atoms with Gasteiger partial charge in [-0.05, 0) is 59.4 Å². The second-order valence-electron chi connectivity index (χ2n) is 10.2. The van der Waals surface area contributed by atoms with Gasteiger partial charge in [0.15, 0.2) is 0 Å². The maximum Gasteiger partial charge on any atom is 0.408 e. The van der Waals surface area contributed by atoms with Crippen LogP contribution in [0.2, 0.25) is 0 Å². The van der Waals surface area contributed by atoms with E-state index in [4.69, 9.17) is 11.2 Å². The van der Waals surface area contributed by atoms with Crippen molar-refractivity contribution >= 4 is 17.9 Å². The van der Waals surface area contributed by atoms with Crippen LogP contribution in [0.1, 0.15) is 84.0 Å². The predicted octanol–water partition coefficient (Wildman–Crippen LogP) is 4.62. The minimum Gasteiger partial charge on any atom is -0.444 e. The zero-order chi connectivity index (χ0) is 26.2. The number of terminal acetylenes is 1. The van der Waals surface area contributed by atoms with Crippen molar-refractivity contribution in [1.29, 1.82) is 0 Å². The zero-order valence-corrected chi connectivity index (χ0v) is 22.1. The van der Waals surface area contributed by atoms with E-state index >= 15 is 0 Å². The van der Waals surface area contributed by atoms with E-state index in [9.17, 15) is 14.4 Å². The fourth-order valence-electron chi connectivity index (χ4n) is 3.78. The van der Waals surface area contributed by atoms with Crippen molar-refractivity contribution in [3.05, 3.63) is 34.9 Å². The Labute approximate surface area is 205 Å². The van der Waals surface area contributed by atoms with Crippen LogP contribution in [-0.2, 0) is 14.3 Å². The van der Waals surface area contributed by atoms with Crippen LogP contribution in [0.3, 0.4) is 0 Å². The van der Waals surface area contributed by atoms with E-state index in [1.807, 2.05) is 45.9 Å². The molecule has 0 saturated carbocycles. The highest BCUT2D eigenvalue weighted by Gasteiger charge is 2.37. The molecule has 3 atom stereocenters. The number of hydrogen-bond donors (Lipinski definition) is 2. The average Bonchev–Trinajstić information content (AvgIpc) is 2.67. The SMILES string of the molecule is C#CN(C(=O)C(NC(=O)OC(C)(C)C)C(C)C)C(C(=O)NC(C)CCC)c1cc(C)cc(C)c1. The summed E-state index contributed by atoms with van der Waals surface area (Å²) >= 11 is 0. The molecule has 0 heterocycles. The maximum absolute atomic E-state index is 13.7. The summed E-state index contributed by atoms with van der Waals surface area (Å²) < 4.78 is 5.33. The van der Waals surface area contributed by atoms with Crippen LogP contribution in [0, 0.1) is 32.2 Å². The van der Waals surface area contributed by atoms with Gasteiger partial charge in [-0.2, -0.15) is 0 Å². The summed E-state index contributed by atoms with van der Waals surface area (Å²) in [5, 5.41) is 5.62. The number of ether oxygens (including phenoxy) is 1. The Kier molecular flexibility index (Phi) is 10.6. The van der Waals surface area contributed by atoms with Gasteiger partial charge in [-0.1, -0.05) is 62.9 Å². The van der Waals surface area contributed by atoms with Crippen LogP contribution >= 0.6 is 0 Å². The minimum absolute atomic E-state index is 0.0820. The van der Waals surface area contributed by atoms with Crippen molar-refractivity contribution in [1.82, 2.24) is 15.5 Å². The second-order valence-corrected chi connectivity index (χ2v) is 10.2. The lowest BCUT2D eigenvalue weighted by Gasteiger charge is -2.32. The Morgan fingerprint density at radius 1 is 1.06 bits per heavy atom. The molecule has 3 unspecified atom stereocenters. The van der Waals surface area contributed by atoms with Crippen LogP contribution in [0.15, 0.2) is 18.2 Å². The second kappa shape index (κ2) is 12.5. The van der Waals surface area contributed by atoms with Gasteiger partial charge in [0, 0.05) is 12.1 Å². The topological polar surface area (TPSA) is 87.7 Å². The van der Waals surface area contributed by atoms with Crippen molar-refractivity contribution in [2.45, 2.75) is 98.9 Å². The molecule has 2 N–H and O–H groups in total. The lowest BCUT2D eigenvalue weighted by atomic mass is 9.97. The van der Waals surface area contributed by atoms with Gasteiger partial charge in [0.2, 0.25) is 5.91 Å². The molecule has 188 valence electrons. The molecule has 0 aliphatic carbocycles. The molecule has 0 aliphatic rings. The number of aryl methyl sites for hydroxylation is 2. The monoisotopic (exact) mass is 471 g/mol. The van der Waals surface area contributed by atoms with Crippen molar-refractivity contribution in [2.75, 3.05) is 0 Å². The Balaban J connectivity index is 3.42. The molecule has 0 saturated heterocycles. The van der Waals surface area contributed by atoms with Gasteiger partial charge in [0.25, 0.3) is 5.91 Å². The lowest BCUT2D eigenvalue weighted by Crippen LogP contribution is -2.54. The van der Waals surface area contributed by atoms with E-state index in [1.165, 1.54) is 0 Å². The number of amides is 3. The fourth-order valence-corrected chi connectivity index (χ4v) is 3.78. The Morgan fingerprint density at radius 2 is 1.62 bits per heavy atom. The molecule has 1 rings (SSSR count). The first-order chi connectivity index (χ1) is 15.7. The van der Waals surface area contributed by atoms with Gasteiger partial charge in [0.05, 0.1) is 0 Å². The maximum atomic E-state index is 13.7. The molecule has 1 aromatic rings. The molecule has 0 fully saturated rings. The summed E-state index contributed by atoms with van der Waals surface area (Å²) in [6.07, 6.45) is 6.80. The van der Waals surface area contributed by atoms with Crippen molar-refractivity contribution in [2.24, 2.45) is 5.92 Å². The number of rotatable bonds is 9. The van der Waals surface area contributed by atoms with E-state index < -0.39 is 29.7 Å². The molecule has 0 bridgehead atoms. The number of nitrogens with one attached hydrogen (secondary N) is 2. The first kappa shape index (κ1) is 29.0. The smallest absolute Gasteiger partial charge is 0.408 e. The zero-order valence-electron chi connectivity index (χ0n) is 22.1. The van der Waals surface area contributed by atoms with E-state index in [0.29, 0.717) is 5.56 Å². The van der Waals surface area contributed by atoms with E-state index in [-0.39, 0.29) is 17.9 Å². The Hall–Kier alpha value is -3.01. The molecular weight excluding hydrogens is 430 g/mol. The normalized spacial score (nSPS) is 13.9. The summed E-state index contributed by atoms with van der Waals surface area (Å²) in [7, 11) is 0. The molecule has 7 nitrogen and oxygen atoms in total. The Morgan fingerprint density at radius 3 is 2.06 bits per heavy atom. The van der Waals surface area contributed by atoms with Crippen molar-refractivity contribution in [3.63, 3.8) is 0 Å². The third-order valence-corrected chi connectivity index (χ3v) is 5.16. The predicted molar refractivity (Wildman–Crippen MR) is 135 cm³/mol. The number of alkyl carbamates (subject to hydrolysis) is 1. The van der Waals surface area contributed by atoms with Crippen LogP contribution in [0.5, 0.6) is 0 Å². The molecule has 0 spiro atoms. The quantitative estimate of drug-likeness (QED) is 0.406. The van der Waals surface area contributed by atoms with Gasteiger partial charge in [-0.15, -0.1) is 0 Å². The molecule has 0 aliphatic heterocycles. The van der Waals surface area contributed by atoms with Crippen LogP contribution in [0.25, 0.3) is 0 Å². The number of hydrogen-bond acceptors (Lipinski definition) is 4. The molecular formula is C27H41N3O4. The van der Waals surface area contributed by atoms with Crippen LogP contribution in [0.4, 0.5) is 4.79 Å².